The quantitative estimate of drug-likeness (QED) is 0.580. The largest absolute Gasteiger partial charge is 0.361 e. The van der Waals surface area contributed by atoms with Crippen LogP contribution >= 0.6 is 15.9 Å². The van der Waals surface area contributed by atoms with Crippen molar-refractivity contribution >= 4 is 33.1 Å². The molecule has 1 aliphatic rings. The van der Waals surface area contributed by atoms with E-state index in [1.165, 1.54) is 6.42 Å². The molecule has 0 atom stereocenters. The van der Waals surface area contributed by atoms with Crippen molar-refractivity contribution in [2.75, 3.05) is 0 Å². The van der Waals surface area contributed by atoms with E-state index in [-0.39, 0.29) is 17.7 Å². The van der Waals surface area contributed by atoms with Gasteiger partial charge in [-0.25, -0.2) is 0 Å². The van der Waals surface area contributed by atoms with Crippen LogP contribution in [0.1, 0.15) is 43.4 Å². The molecule has 0 saturated heterocycles. The van der Waals surface area contributed by atoms with E-state index in [0.29, 0.717) is 6.42 Å². The van der Waals surface area contributed by atoms with Crippen molar-refractivity contribution in [3.63, 3.8) is 0 Å². The van der Waals surface area contributed by atoms with Crippen LogP contribution in [-0.4, -0.2) is 22.6 Å². The summed E-state index contributed by atoms with van der Waals surface area (Å²) in [7, 11) is 0. The van der Waals surface area contributed by atoms with Gasteiger partial charge < -0.3 is 10.3 Å². The number of nitrogens with one attached hydrogen (secondary N) is 3. The Bertz CT molecular complexity index is 772. The lowest BCUT2D eigenvalue weighted by Crippen LogP contribution is -2.39. The molecule has 136 valence electrons. The van der Waals surface area contributed by atoms with Crippen LogP contribution in [0.4, 0.5) is 0 Å². The molecule has 0 bridgehead atoms. The van der Waals surface area contributed by atoms with Crippen LogP contribution in [0.15, 0.2) is 53.1 Å². The minimum Gasteiger partial charge on any atom is -0.361 e. The second-order valence-electron chi connectivity index (χ2n) is 6.78. The number of rotatable bonds is 6. The summed E-state index contributed by atoms with van der Waals surface area (Å²) in [5.74, 6) is -0.281. The molecule has 5 heteroatoms. The number of carbonyl (C=O) groups is 1. The molecule has 2 aromatic rings. The van der Waals surface area contributed by atoms with E-state index < -0.39 is 0 Å². The van der Waals surface area contributed by atoms with Crippen LogP contribution in [0.3, 0.4) is 0 Å². The van der Waals surface area contributed by atoms with Gasteiger partial charge >= 0.3 is 0 Å². The van der Waals surface area contributed by atoms with E-state index in [2.05, 4.69) is 26.2 Å². The van der Waals surface area contributed by atoms with Gasteiger partial charge in [-0.2, -0.15) is 0 Å². The Morgan fingerprint density at radius 1 is 1.19 bits per heavy atom. The van der Waals surface area contributed by atoms with E-state index in [4.69, 9.17) is 5.41 Å². The maximum Gasteiger partial charge on any atom is 0.269 e. The van der Waals surface area contributed by atoms with Gasteiger partial charge in [-0.3, -0.25) is 10.2 Å². The predicted octanol–water partition coefficient (Wildman–Crippen LogP) is 4.87. The molecule has 1 aliphatic carbocycles. The highest BCUT2D eigenvalue weighted by Crippen LogP contribution is 2.21. The number of hydrogen-bond donors (Lipinski definition) is 3. The number of amides is 1. The highest BCUT2D eigenvalue weighted by atomic mass is 79.9. The van der Waals surface area contributed by atoms with Gasteiger partial charge in [-0.15, -0.1) is 0 Å². The van der Waals surface area contributed by atoms with Gasteiger partial charge in [0.2, 0.25) is 0 Å². The van der Waals surface area contributed by atoms with Crippen molar-refractivity contribution in [3.05, 3.63) is 64.4 Å². The van der Waals surface area contributed by atoms with Crippen LogP contribution in [0.2, 0.25) is 0 Å². The van der Waals surface area contributed by atoms with Crippen molar-refractivity contribution in [1.82, 2.24) is 10.3 Å². The Labute approximate surface area is 162 Å². The molecule has 1 aromatic carbocycles. The van der Waals surface area contributed by atoms with Crippen LogP contribution in [0.5, 0.6) is 0 Å². The Morgan fingerprint density at radius 3 is 2.58 bits per heavy atom. The zero-order chi connectivity index (χ0) is 18.4. The standard InChI is InChI=1S/C21H24BrN3O/c22-17-10-8-15(9-11-17)13-16(20-7-4-12-24-20)14-19(23)21(26)25-18-5-2-1-3-6-18/h4,7-12,14,18,23-24H,1-3,5-6,13H2,(H,25,26)/b16-14-,23-19?. The molecule has 4 nitrogen and oxygen atoms in total. The maximum absolute atomic E-state index is 12.4. The Balaban J connectivity index is 1.73. The summed E-state index contributed by atoms with van der Waals surface area (Å²) in [6.07, 6.45) is 9.80. The van der Waals surface area contributed by atoms with E-state index in [1.807, 2.05) is 42.6 Å². The fraction of sp³-hybridized carbons (Fsp3) is 0.333. The molecule has 1 aromatic heterocycles. The summed E-state index contributed by atoms with van der Waals surface area (Å²) >= 11 is 3.45. The molecule has 26 heavy (non-hydrogen) atoms. The SMILES string of the molecule is N=C(/C=C(/Cc1ccc(Br)cc1)c1ccc[nH]1)C(=O)NC1CCCCC1. The number of hydrogen-bond acceptors (Lipinski definition) is 2. The van der Waals surface area contributed by atoms with Gasteiger partial charge in [-0.05, 0) is 60.7 Å². The van der Waals surface area contributed by atoms with E-state index in [1.54, 1.807) is 6.08 Å². The molecule has 3 rings (SSSR count). The first-order valence-electron chi connectivity index (χ1n) is 9.10. The number of carbonyl (C=O) groups excluding carboxylic acids is 1. The fourth-order valence-corrected chi connectivity index (χ4v) is 3.59. The summed E-state index contributed by atoms with van der Waals surface area (Å²) in [4.78, 5) is 15.6. The molecular formula is C21H24BrN3O. The average Bonchev–Trinajstić information content (AvgIpc) is 3.18. The summed E-state index contributed by atoms with van der Waals surface area (Å²) in [5.41, 5.74) is 3.01. The molecule has 0 aliphatic heterocycles. The first kappa shape index (κ1) is 18.6. The van der Waals surface area contributed by atoms with Crippen molar-refractivity contribution in [2.24, 2.45) is 0 Å². The zero-order valence-electron chi connectivity index (χ0n) is 14.7. The van der Waals surface area contributed by atoms with Crippen LogP contribution in [0.25, 0.3) is 5.57 Å². The smallest absolute Gasteiger partial charge is 0.269 e. The fourth-order valence-electron chi connectivity index (χ4n) is 3.33. The molecular weight excluding hydrogens is 390 g/mol. The zero-order valence-corrected chi connectivity index (χ0v) is 16.3. The van der Waals surface area contributed by atoms with E-state index in [0.717, 1.165) is 47.0 Å². The molecule has 1 saturated carbocycles. The molecule has 3 N–H and O–H groups in total. The normalized spacial score (nSPS) is 15.7. The summed E-state index contributed by atoms with van der Waals surface area (Å²) < 4.78 is 1.03. The third-order valence-corrected chi connectivity index (χ3v) is 5.28. The van der Waals surface area contributed by atoms with Crippen molar-refractivity contribution in [3.8, 4) is 0 Å². The predicted molar refractivity (Wildman–Crippen MR) is 109 cm³/mol. The second kappa shape index (κ2) is 8.99. The van der Waals surface area contributed by atoms with Gasteiger partial charge in [0, 0.05) is 22.4 Å². The van der Waals surface area contributed by atoms with Crippen LogP contribution in [0, 0.1) is 5.41 Å². The second-order valence-corrected chi connectivity index (χ2v) is 7.69. The Morgan fingerprint density at radius 2 is 1.92 bits per heavy atom. The lowest BCUT2D eigenvalue weighted by molar-refractivity contribution is -0.115. The third-order valence-electron chi connectivity index (χ3n) is 4.76. The van der Waals surface area contributed by atoms with Crippen molar-refractivity contribution in [1.29, 1.82) is 5.41 Å². The number of aromatic nitrogens is 1. The number of allylic oxidation sites excluding steroid dienone is 1. The summed E-state index contributed by atoms with van der Waals surface area (Å²) in [5, 5.41) is 11.3. The summed E-state index contributed by atoms with van der Waals surface area (Å²) in [6.45, 7) is 0. The van der Waals surface area contributed by atoms with E-state index >= 15 is 0 Å². The highest BCUT2D eigenvalue weighted by Gasteiger charge is 2.18. The monoisotopic (exact) mass is 413 g/mol. The van der Waals surface area contributed by atoms with Gasteiger partial charge in [0.25, 0.3) is 5.91 Å². The highest BCUT2D eigenvalue weighted by molar-refractivity contribution is 9.10. The topological polar surface area (TPSA) is 68.7 Å². The van der Waals surface area contributed by atoms with Crippen molar-refractivity contribution in [2.45, 2.75) is 44.6 Å². The molecule has 1 fully saturated rings. The third kappa shape index (κ3) is 5.18. The Kier molecular flexibility index (Phi) is 6.45. The van der Waals surface area contributed by atoms with Gasteiger partial charge in [0.05, 0.1) is 0 Å². The first-order valence-corrected chi connectivity index (χ1v) is 9.89. The van der Waals surface area contributed by atoms with Crippen LogP contribution < -0.4 is 5.32 Å². The summed E-state index contributed by atoms with van der Waals surface area (Å²) in [6, 6.07) is 12.2. The molecule has 1 heterocycles. The Hall–Kier alpha value is -2.14. The number of benzene rings is 1. The lowest BCUT2D eigenvalue weighted by atomic mass is 9.95. The average molecular weight is 414 g/mol. The molecule has 0 unspecified atom stereocenters. The molecule has 0 spiro atoms. The number of halogens is 1. The molecule has 1 amide bonds. The first-order chi connectivity index (χ1) is 12.6. The van der Waals surface area contributed by atoms with Gasteiger partial charge in [0.15, 0.2) is 0 Å². The van der Waals surface area contributed by atoms with Gasteiger partial charge in [0.1, 0.15) is 5.71 Å². The van der Waals surface area contributed by atoms with Crippen LogP contribution in [-0.2, 0) is 11.2 Å². The number of H-pyrrole nitrogens is 1. The minimum absolute atomic E-state index is 0.0114. The molecule has 0 radical (unpaired) electrons. The lowest BCUT2D eigenvalue weighted by Gasteiger charge is -2.22. The maximum atomic E-state index is 12.4. The number of aromatic amines is 1. The van der Waals surface area contributed by atoms with Gasteiger partial charge in [-0.1, -0.05) is 47.3 Å². The minimum atomic E-state index is -0.281. The van der Waals surface area contributed by atoms with Crippen molar-refractivity contribution < 1.29 is 4.79 Å². The van der Waals surface area contributed by atoms with E-state index in [9.17, 15) is 4.79 Å².